The lowest BCUT2D eigenvalue weighted by Gasteiger charge is -2.26. The number of pyridine rings is 1. The van der Waals surface area contributed by atoms with Gasteiger partial charge in [-0.05, 0) is 36.4 Å². The number of ether oxygens (including phenoxy) is 3. The fourth-order valence-electron chi connectivity index (χ4n) is 4.49. The van der Waals surface area contributed by atoms with Crippen LogP contribution in [0.25, 0.3) is 11.3 Å². The average molecular weight is 584 g/mol. The molecular formula is C28H30ClN5O5S. The molecule has 0 atom stereocenters. The van der Waals surface area contributed by atoms with Crippen molar-refractivity contribution in [1.29, 1.82) is 0 Å². The van der Waals surface area contributed by atoms with E-state index in [2.05, 4.69) is 15.3 Å². The average Bonchev–Trinajstić information content (AvgIpc) is 3.61. The smallest absolute Gasteiger partial charge is 0.283 e. The normalized spacial score (nSPS) is 13.8. The Morgan fingerprint density at radius 1 is 1.10 bits per heavy atom. The maximum atomic E-state index is 13.8. The van der Waals surface area contributed by atoms with Crippen LogP contribution in [0.4, 0.5) is 5.82 Å². The molecule has 210 valence electrons. The highest BCUT2D eigenvalue weighted by atomic mass is 35.5. The third-order valence-electron chi connectivity index (χ3n) is 6.67. The minimum Gasteiger partial charge on any atom is -0.497 e. The van der Waals surface area contributed by atoms with E-state index in [0.717, 1.165) is 24.5 Å². The summed E-state index contributed by atoms with van der Waals surface area (Å²) in [6.07, 6.45) is 1.77. The van der Waals surface area contributed by atoms with Gasteiger partial charge < -0.3 is 24.1 Å². The van der Waals surface area contributed by atoms with Gasteiger partial charge in [0.1, 0.15) is 23.0 Å². The zero-order chi connectivity index (χ0) is 28.1. The van der Waals surface area contributed by atoms with Gasteiger partial charge in [0.25, 0.3) is 11.5 Å². The summed E-state index contributed by atoms with van der Waals surface area (Å²) in [5.74, 6) is 0.929. The Morgan fingerprint density at radius 3 is 2.65 bits per heavy atom. The van der Waals surface area contributed by atoms with Gasteiger partial charge in [-0.1, -0.05) is 11.6 Å². The first-order valence-electron chi connectivity index (χ1n) is 12.8. The van der Waals surface area contributed by atoms with E-state index in [1.807, 2.05) is 18.2 Å². The Balaban J connectivity index is 1.48. The van der Waals surface area contributed by atoms with Crippen LogP contribution in [-0.2, 0) is 17.8 Å². The van der Waals surface area contributed by atoms with E-state index < -0.39 is 5.91 Å². The monoisotopic (exact) mass is 583 g/mol. The van der Waals surface area contributed by atoms with Crippen LogP contribution in [0.15, 0.2) is 59.5 Å². The van der Waals surface area contributed by atoms with Gasteiger partial charge in [-0.25, -0.2) is 0 Å². The Labute approximate surface area is 240 Å². The van der Waals surface area contributed by atoms with E-state index in [0.29, 0.717) is 64.8 Å². The number of morpholine rings is 1. The van der Waals surface area contributed by atoms with Crippen molar-refractivity contribution in [2.75, 3.05) is 52.4 Å². The molecular weight excluding hydrogens is 554 g/mol. The van der Waals surface area contributed by atoms with Gasteiger partial charge in [-0.2, -0.15) is 9.78 Å². The van der Waals surface area contributed by atoms with E-state index in [1.165, 1.54) is 23.1 Å². The third-order valence-corrected chi connectivity index (χ3v) is 7.90. The van der Waals surface area contributed by atoms with E-state index in [9.17, 15) is 9.59 Å². The summed E-state index contributed by atoms with van der Waals surface area (Å²) in [7, 11) is 3.03. The summed E-state index contributed by atoms with van der Waals surface area (Å²) < 4.78 is 19.8. The van der Waals surface area contributed by atoms with Crippen molar-refractivity contribution in [3.8, 4) is 22.8 Å². The van der Waals surface area contributed by atoms with Crippen LogP contribution >= 0.6 is 22.9 Å². The van der Waals surface area contributed by atoms with Gasteiger partial charge in [-0.3, -0.25) is 14.5 Å². The first-order chi connectivity index (χ1) is 19.5. The molecule has 1 N–H and O–H groups in total. The van der Waals surface area contributed by atoms with Crippen LogP contribution in [0.1, 0.15) is 15.2 Å². The van der Waals surface area contributed by atoms with Crippen molar-refractivity contribution in [3.05, 3.63) is 79.9 Å². The molecule has 4 aromatic rings. The molecule has 0 saturated carbocycles. The molecule has 0 aliphatic carbocycles. The van der Waals surface area contributed by atoms with E-state index >= 15 is 0 Å². The minimum atomic E-state index is -0.416. The molecule has 1 aromatic carbocycles. The van der Waals surface area contributed by atoms with E-state index in [-0.39, 0.29) is 5.56 Å². The molecule has 1 fully saturated rings. The van der Waals surface area contributed by atoms with Gasteiger partial charge in [-0.15, -0.1) is 11.3 Å². The maximum Gasteiger partial charge on any atom is 0.283 e. The van der Waals surface area contributed by atoms with Crippen LogP contribution in [0.3, 0.4) is 0 Å². The molecule has 12 heteroatoms. The molecule has 10 nitrogen and oxygen atoms in total. The summed E-state index contributed by atoms with van der Waals surface area (Å²) >= 11 is 7.54. The van der Waals surface area contributed by atoms with Gasteiger partial charge in [0.2, 0.25) is 0 Å². The van der Waals surface area contributed by atoms with Gasteiger partial charge in [0, 0.05) is 49.4 Å². The quantitative estimate of drug-likeness (QED) is 0.298. The zero-order valence-electron chi connectivity index (χ0n) is 22.3. The van der Waals surface area contributed by atoms with Crippen molar-refractivity contribution in [3.63, 3.8) is 0 Å². The van der Waals surface area contributed by atoms with Crippen LogP contribution in [-0.4, -0.2) is 72.2 Å². The highest BCUT2D eigenvalue weighted by Crippen LogP contribution is 2.28. The summed E-state index contributed by atoms with van der Waals surface area (Å²) in [5, 5.41) is 7.88. The van der Waals surface area contributed by atoms with Gasteiger partial charge in [0.15, 0.2) is 0 Å². The molecule has 1 saturated heterocycles. The first kappa shape index (κ1) is 27.9. The number of nitrogens with one attached hydrogen (secondary N) is 1. The van der Waals surface area contributed by atoms with Crippen LogP contribution in [0.5, 0.6) is 11.5 Å². The molecule has 4 heterocycles. The first-order valence-corrected chi connectivity index (χ1v) is 14.0. The molecule has 0 amide bonds. The summed E-state index contributed by atoms with van der Waals surface area (Å²) in [6.45, 7) is 4.81. The predicted molar refractivity (Wildman–Crippen MR) is 155 cm³/mol. The summed E-state index contributed by atoms with van der Waals surface area (Å²) in [4.78, 5) is 30.5. The summed E-state index contributed by atoms with van der Waals surface area (Å²) in [6, 6.07) is 14.0. The number of hydrogen-bond acceptors (Lipinski definition) is 9. The number of methoxy groups -OCH3 is 2. The van der Waals surface area contributed by atoms with Crippen molar-refractivity contribution in [1.82, 2.24) is 19.2 Å². The van der Waals surface area contributed by atoms with Crippen LogP contribution in [0.2, 0.25) is 4.34 Å². The number of nitrogens with zero attached hydrogens (tertiary/aromatic N) is 4. The summed E-state index contributed by atoms with van der Waals surface area (Å²) in [5.41, 5.74) is 0.917. The largest absolute Gasteiger partial charge is 0.497 e. The fourth-order valence-corrected chi connectivity index (χ4v) is 5.52. The molecule has 0 radical (unpaired) electrons. The Kier molecular flexibility index (Phi) is 8.85. The number of anilines is 1. The van der Waals surface area contributed by atoms with Gasteiger partial charge >= 0.3 is 0 Å². The molecule has 3 aromatic heterocycles. The number of benzene rings is 1. The Hall–Kier alpha value is -3.64. The maximum absolute atomic E-state index is 13.8. The number of halogens is 1. The topological polar surface area (TPSA) is 99.9 Å². The standard InChI is InChI=1S/C28H30ClN5O5S/c1-37-19-5-7-22(24(16-19)38-2)28(36)34-26(30-18-20-6-8-25(29)40-20)17-23(31-34)21-4-3-9-33(27(21)35)11-10-32-12-14-39-15-13-32/h3-9,16-17,30H,10-15,18H2,1-2H3. The Morgan fingerprint density at radius 2 is 1.93 bits per heavy atom. The van der Waals surface area contributed by atoms with Crippen molar-refractivity contribution in [2.24, 2.45) is 0 Å². The lowest BCUT2D eigenvalue weighted by molar-refractivity contribution is 0.0363. The number of carbonyl (C=O) groups is 1. The molecule has 5 rings (SSSR count). The number of hydrogen-bond donors (Lipinski definition) is 1. The van der Waals surface area contributed by atoms with Crippen molar-refractivity contribution >= 4 is 34.7 Å². The number of aromatic nitrogens is 3. The SMILES string of the molecule is COc1ccc(C(=O)n2nc(-c3cccn(CCN4CCOCC4)c3=O)cc2NCc2ccc(Cl)s2)c(OC)c1. The molecule has 1 aliphatic rings. The highest BCUT2D eigenvalue weighted by Gasteiger charge is 2.22. The number of thiophene rings is 1. The van der Waals surface area contributed by atoms with Crippen LogP contribution < -0.4 is 20.3 Å². The molecule has 0 unspecified atom stereocenters. The highest BCUT2D eigenvalue weighted by molar-refractivity contribution is 7.16. The predicted octanol–water partition coefficient (Wildman–Crippen LogP) is 4.08. The molecule has 40 heavy (non-hydrogen) atoms. The second-order valence-corrected chi connectivity index (χ2v) is 10.9. The second-order valence-electron chi connectivity index (χ2n) is 9.13. The van der Waals surface area contributed by atoms with E-state index in [4.69, 9.17) is 25.8 Å². The molecule has 1 aliphatic heterocycles. The lowest BCUT2D eigenvalue weighted by Crippen LogP contribution is -2.39. The van der Waals surface area contributed by atoms with E-state index in [1.54, 1.807) is 48.2 Å². The molecule has 0 bridgehead atoms. The fraction of sp³-hybridized carbons (Fsp3) is 0.321. The Bertz CT molecular complexity index is 1540. The van der Waals surface area contributed by atoms with Crippen LogP contribution in [0, 0.1) is 0 Å². The lowest BCUT2D eigenvalue weighted by atomic mass is 10.1. The minimum absolute atomic E-state index is 0.175. The zero-order valence-corrected chi connectivity index (χ0v) is 23.8. The van der Waals surface area contributed by atoms with Crippen molar-refractivity contribution in [2.45, 2.75) is 13.1 Å². The van der Waals surface area contributed by atoms with Crippen molar-refractivity contribution < 1.29 is 19.0 Å². The third kappa shape index (κ3) is 6.23. The van der Waals surface area contributed by atoms with Gasteiger partial charge in [0.05, 0.1) is 49.4 Å². The second kappa shape index (κ2) is 12.7. The molecule has 0 spiro atoms. The number of rotatable bonds is 10. The number of carbonyl (C=O) groups excluding carboxylic acids is 1.